The lowest BCUT2D eigenvalue weighted by atomic mass is 10.1. The average molecular weight is 346 g/mol. The lowest BCUT2D eigenvalue weighted by molar-refractivity contribution is -0.115. The third-order valence-corrected chi connectivity index (χ3v) is 5.34. The zero-order valence-electron chi connectivity index (χ0n) is 13.0. The van der Waals surface area contributed by atoms with Crippen LogP contribution in [-0.2, 0) is 27.7 Å². The van der Waals surface area contributed by atoms with Crippen molar-refractivity contribution >= 4 is 21.6 Å². The van der Waals surface area contributed by atoms with E-state index in [0.29, 0.717) is 30.6 Å². The highest BCUT2D eigenvalue weighted by Crippen LogP contribution is 2.25. The van der Waals surface area contributed by atoms with Gasteiger partial charge < -0.3 is 10.4 Å². The third kappa shape index (κ3) is 3.74. The number of hydrogen-bond donors (Lipinski definition) is 3. The summed E-state index contributed by atoms with van der Waals surface area (Å²) in [7, 11) is -3.59. The molecule has 0 saturated carbocycles. The number of aryl methyl sites for hydroxylation is 1. The first-order chi connectivity index (χ1) is 11.4. The highest BCUT2D eigenvalue weighted by molar-refractivity contribution is 7.89. The van der Waals surface area contributed by atoms with Gasteiger partial charge in [0.1, 0.15) is 5.75 Å². The molecule has 0 spiro atoms. The van der Waals surface area contributed by atoms with Crippen molar-refractivity contribution in [2.75, 3.05) is 11.9 Å². The number of rotatable bonds is 6. The van der Waals surface area contributed by atoms with Crippen molar-refractivity contribution in [3.63, 3.8) is 0 Å². The SMILES string of the molecule is O=C1Cc2cc(S(=O)(=O)NCCCc3ccc(O)cc3)ccc2N1. The Labute approximate surface area is 140 Å². The van der Waals surface area contributed by atoms with Crippen molar-refractivity contribution in [1.29, 1.82) is 0 Å². The Morgan fingerprint density at radius 1 is 1.12 bits per heavy atom. The van der Waals surface area contributed by atoms with Crippen LogP contribution in [0.3, 0.4) is 0 Å². The largest absolute Gasteiger partial charge is 0.508 e. The number of anilines is 1. The van der Waals surface area contributed by atoms with Crippen LogP contribution in [0.25, 0.3) is 0 Å². The van der Waals surface area contributed by atoms with Gasteiger partial charge in [-0.15, -0.1) is 0 Å². The van der Waals surface area contributed by atoms with E-state index in [4.69, 9.17) is 0 Å². The second-order valence-electron chi connectivity index (χ2n) is 5.71. The summed E-state index contributed by atoms with van der Waals surface area (Å²) in [6.45, 7) is 0.317. The first-order valence-corrected chi connectivity index (χ1v) is 9.13. The number of carbonyl (C=O) groups excluding carboxylic acids is 1. The summed E-state index contributed by atoms with van der Waals surface area (Å²) in [5.41, 5.74) is 2.41. The van der Waals surface area contributed by atoms with Crippen LogP contribution in [-0.4, -0.2) is 26.0 Å². The van der Waals surface area contributed by atoms with E-state index in [2.05, 4.69) is 10.0 Å². The predicted octanol–water partition coefficient (Wildman–Crippen LogP) is 1.80. The van der Waals surface area contributed by atoms with Crippen molar-refractivity contribution in [2.24, 2.45) is 0 Å². The second kappa shape index (κ2) is 6.62. The highest BCUT2D eigenvalue weighted by Gasteiger charge is 2.21. The molecule has 0 atom stereocenters. The van der Waals surface area contributed by atoms with Crippen molar-refractivity contribution < 1.29 is 18.3 Å². The number of fused-ring (bicyclic) bond motifs is 1. The number of phenolic OH excluding ortho intramolecular Hbond substituents is 1. The van der Waals surface area contributed by atoms with Crippen LogP contribution >= 0.6 is 0 Å². The third-order valence-electron chi connectivity index (χ3n) is 3.88. The van der Waals surface area contributed by atoms with Crippen LogP contribution < -0.4 is 10.0 Å². The topological polar surface area (TPSA) is 95.5 Å². The quantitative estimate of drug-likeness (QED) is 0.695. The number of phenols is 1. The van der Waals surface area contributed by atoms with E-state index in [0.717, 1.165) is 5.56 Å². The maximum Gasteiger partial charge on any atom is 0.240 e. The van der Waals surface area contributed by atoms with E-state index in [-0.39, 0.29) is 23.0 Å². The maximum atomic E-state index is 12.3. The lowest BCUT2D eigenvalue weighted by Crippen LogP contribution is -2.25. The van der Waals surface area contributed by atoms with Crippen LogP contribution in [0.1, 0.15) is 17.5 Å². The molecule has 0 radical (unpaired) electrons. The fourth-order valence-corrected chi connectivity index (χ4v) is 3.74. The number of hydrogen-bond acceptors (Lipinski definition) is 4. The molecule has 7 heteroatoms. The summed E-state index contributed by atoms with van der Waals surface area (Å²) in [5, 5.41) is 11.9. The monoisotopic (exact) mass is 346 g/mol. The van der Waals surface area contributed by atoms with Gasteiger partial charge >= 0.3 is 0 Å². The molecule has 0 unspecified atom stereocenters. The number of sulfonamides is 1. The zero-order chi connectivity index (χ0) is 17.2. The number of aromatic hydroxyl groups is 1. The van der Waals surface area contributed by atoms with Gasteiger partial charge in [0.15, 0.2) is 0 Å². The zero-order valence-corrected chi connectivity index (χ0v) is 13.8. The predicted molar refractivity (Wildman–Crippen MR) is 90.4 cm³/mol. The van der Waals surface area contributed by atoms with Crippen LogP contribution in [0.2, 0.25) is 0 Å². The first-order valence-electron chi connectivity index (χ1n) is 7.64. The van der Waals surface area contributed by atoms with Crippen molar-refractivity contribution in [1.82, 2.24) is 4.72 Å². The Kier molecular flexibility index (Phi) is 4.55. The van der Waals surface area contributed by atoms with Crippen molar-refractivity contribution in [2.45, 2.75) is 24.2 Å². The van der Waals surface area contributed by atoms with Gasteiger partial charge in [-0.2, -0.15) is 0 Å². The Hall–Kier alpha value is -2.38. The molecule has 2 aromatic rings. The Morgan fingerprint density at radius 3 is 2.62 bits per heavy atom. The Bertz CT molecular complexity index is 861. The summed E-state index contributed by atoms with van der Waals surface area (Å²) < 4.78 is 27.2. The van der Waals surface area contributed by atoms with Gasteiger partial charge in [-0.3, -0.25) is 4.79 Å². The molecule has 3 rings (SSSR count). The molecule has 1 amide bonds. The molecule has 1 aliphatic rings. The van der Waals surface area contributed by atoms with Crippen LogP contribution in [0.4, 0.5) is 5.69 Å². The number of carbonyl (C=O) groups is 1. The Balaban J connectivity index is 1.57. The van der Waals surface area contributed by atoms with Crippen molar-refractivity contribution in [3.05, 3.63) is 53.6 Å². The molecule has 6 nitrogen and oxygen atoms in total. The smallest absolute Gasteiger partial charge is 0.240 e. The van der Waals surface area contributed by atoms with Gasteiger partial charge in [0.05, 0.1) is 11.3 Å². The minimum Gasteiger partial charge on any atom is -0.508 e. The first kappa shape index (κ1) is 16.5. The minimum atomic E-state index is -3.59. The van der Waals surface area contributed by atoms with Gasteiger partial charge in [-0.05, 0) is 54.3 Å². The summed E-state index contributed by atoms with van der Waals surface area (Å²) >= 11 is 0. The standard InChI is InChI=1S/C17H18N2O4S/c20-14-5-3-12(4-6-14)2-1-9-18-24(22,23)15-7-8-16-13(10-15)11-17(21)19-16/h3-8,10,18,20H,1-2,9,11H2,(H,19,21). The molecule has 1 aliphatic heterocycles. The minimum absolute atomic E-state index is 0.124. The molecule has 1 heterocycles. The molecule has 0 aromatic heterocycles. The summed E-state index contributed by atoms with van der Waals surface area (Å²) in [5.74, 6) is 0.0884. The van der Waals surface area contributed by atoms with Gasteiger partial charge in [0.2, 0.25) is 15.9 Å². The van der Waals surface area contributed by atoms with Gasteiger partial charge in [0, 0.05) is 12.2 Å². The molecule has 0 aliphatic carbocycles. The summed E-state index contributed by atoms with van der Waals surface area (Å²) in [4.78, 5) is 11.5. The van der Waals surface area contributed by atoms with Crippen molar-refractivity contribution in [3.8, 4) is 5.75 Å². The summed E-state index contributed by atoms with van der Waals surface area (Å²) in [6, 6.07) is 11.5. The van der Waals surface area contributed by atoms with E-state index in [9.17, 15) is 18.3 Å². The normalized spacial score (nSPS) is 13.6. The Morgan fingerprint density at radius 2 is 1.88 bits per heavy atom. The molecule has 2 aromatic carbocycles. The van der Waals surface area contributed by atoms with E-state index in [1.807, 2.05) is 12.1 Å². The van der Waals surface area contributed by atoms with E-state index >= 15 is 0 Å². The molecule has 0 saturated heterocycles. The second-order valence-corrected chi connectivity index (χ2v) is 7.48. The molecule has 3 N–H and O–H groups in total. The van der Waals surface area contributed by atoms with Gasteiger partial charge in [-0.1, -0.05) is 12.1 Å². The molecule has 24 heavy (non-hydrogen) atoms. The van der Waals surface area contributed by atoms with E-state index in [1.165, 1.54) is 12.1 Å². The maximum absolute atomic E-state index is 12.3. The molecular formula is C17H18N2O4S. The molecular weight excluding hydrogens is 328 g/mol. The molecule has 126 valence electrons. The highest BCUT2D eigenvalue weighted by atomic mass is 32.2. The number of benzene rings is 2. The fourth-order valence-electron chi connectivity index (χ4n) is 2.62. The van der Waals surface area contributed by atoms with Gasteiger partial charge in [0.25, 0.3) is 0 Å². The summed E-state index contributed by atoms with van der Waals surface area (Å²) in [6.07, 6.45) is 1.57. The molecule has 0 bridgehead atoms. The van der Waals surface area contributed by atoms with Crippen LogP contribution in [0, 0.1) is 0 Å². The number of amides is 1. The van der Waals surface area contributed by atoms with Gasteiger partial charge in [-0.25, -0.2) is 13.1 Å². The van der Waals surface area contributed by atoms with E-state index in [1.54, 1.807) is 18.2 Å². The van der Waals surface area contributed by atoms with Crippen LogP contribution in [0.5, 0.6) is 5.75 Å². The number of nitrogens with one attached hydrogen (secondary N) is 2. The average Bonchev–Trinajstić information content (AvgIpc) is 2.92. The van der Waals surface area contributed by atoms with E-state index < -0.39 is 10.0 Å². The van der Waals surface area contributed by atoms with Crippen LogP contribution in [0.15, 0.2) is 47.4 Å². The molecule has 0 fully saturated rings. The fraction of sp³-hybridized carbons (Fsp3) is 0.235. The lowest BCUT2D eigenvalue weighted by Gasteiger charge is -2.08.